The van der Waals surface area contributed by atoms with E-state index in [1.807, 2.05) is 0 Å². The van der Waals surface area contributed by atoms with Crippen molar-refractivity contribution in [3.05, 3.63) is 0 Å². The lowest BCUT2D eigenvalue weighted by Crippen LogP contribution is -2.27. The van der Waals surface area contributed by atoms with Gasteiger partial charge in [0, 0.05) is 14.0 Å². The van der Waals surface area contributed by atoms with Gasteiger partial charge in [-0.1, -0.05) is 39.5 Å². The van der Waals surface area contributed by atoms with Crippen LogP contribution in [0.2, 0.25) is 25.7 Å². The van der Waals surface area contributed by atoms with Crippen molar-refractivity contribution in [1.82, 2.24) is 0 Å². The Kier molecular flexibility index (Phi) is 4.72. The largest absolute Gasteiger partial charge is 0.126 e. The molecule has 0 radical (unpaired) electrons. The molecule has 68 valence electrons. The number of rotatable bonds is 4. The van der Waals surface area contributed by atoms with Gasteiger partial charge < -0.3 is 0 Å². The minimum atomic E-state index is -0.888. The zero-order valence-electron chi connectivity index (χ0n) is 8.45. The Labute approximate surface area is 77.3 Å². The van der Waals surface area contributed by atoms with Crippen LogP contribution in [-0.2, 0) is 0 Å². The Morgan fingerprint density at radius 3 is 1.73 bits per heavy atom. The van der Waals surface area contributed by atoms with Crippen LogP contribution < -0.4 is 0 Å². The Bertz CT molecular complexity index is 105. The normalized spacial score (nSPS) is 15.5. The highest BCUT2D eigenvalue weighted by molar-refractivity contribution is 6.76. The van der Waals surface area contributed by atoms with Gasteiger partial charge in [0.1, 0.15) is 0 Å². The summed E-state index contributed by atoms with van der Waals surface area (Å²) < 4.78 is 0. The van der Waals surface area contributed by atoms with E-state index < -0.39 is 8.07 Å². The van der Waals surface area contributed by atoms with Crippen LogP contribution in [0.4, 0.5) is 0 Å². The van der Waals surface area contributed by atoms with Gasteiger partial charge in [-0.2, -0.15) is 0 Å². The first-order valence-corrected chi connectivity index (χ1v) is 8.67. The van der Waals surface area contributed by atoms with Crippen molar-refractivity contribution in [2.45, 2.75) is 39.5 Å². The van der Waals surface area contributed by atoms with Gasteiger partial charge in [-0.15, -0.1) is 11.6 Å². The smallest absolute Gasteiger partial charge is 0.0445 e. The maximum absolute atomic E-state index is 5.89. The molecule has 0 aliphatic heterocycles. The molecule has 0 aromatic rings. The maximum Gasteiger partial charge on any atom is 0.0445 e. The molecule has 0 heterocycles. The van der Waals surface area contributed by atoms with Crippen molar-refractivity contribution >= 4 is 19.7 Å². The van der Waals surface area contributed by atoms with Crippen molar-refractivity contribution in [2.75, 3.05) is 5.88 Å². The number of alkyl halides is 1. The van der Waals surface area contributed by atoms with Gasteiger partial charge in [-0.25, -0.2) is 0 Å². The molecule has 2 heteroatoms. The van der Waals surface area contributed by atoms with Gasteiger partial charge in [0.05, 0.1) is 0 Å². The molecule has 0 saturated heterocycles. The van der Waals surface area contributed by atoms with E-state index in [9.17, 15) is 0 Å². The predicted octanol–water partition coefficient (Wildman–Crippen LogP) is 3.84. The molecule has 11 heavy (non-hydrogen) atoms. The fraction of sp³-hybridized carbons (Fsp3) is 1.00. The van der Waals surface area contributed by atoms with Crippen LogP contribution in [-0.4, -0.2) is 14.0 Å². The molecule has 0 rings (SSSR count). The fourth-order valence-corrected chi connectivity index (χ4v) is 4.09. The van der Waals surface area contributed by atoms with Crippen molar-refractivity contribution in [2.24, 2.45) is 11.8 Å². The lowest BCUT2D eigenvalue weighted by atomic mass is 10.0. The second-order valence-electron chi connectivity index (χ2n) is 4.92. The SMILES string of the molecule is CC(C)C(CCl)C[Si](C)(C)C. The van der Waals surface area contributed by atoms with Crippen LogP contribution >= 0.6 is 11.6 Å². The van der Waals surface area contributed by atoms with Crippen LogP contribution in [0.5, 0.6) is 0 Å². The molecule has 0 amide bonds. The molecule has 1 atom stereocenters. The predicted molar refractivity (Wildman–Crippen MR) is 57.2 cm³/mol. The first kappa shape index (κ1) is 11.5. The molecule has 0 aliphatic carbocycles. The topological polar surface area (TPSA) is 0 Å². The van der Waals surface area contributed by atoms with Crippen LogP contribution in [0.3, 0.4) is 0 Å². The summed E-state index contributed by atoms with van der Waals surface area (Å²) in [5.41, 5.74) is 0. The first-order chi connectivity index (χ1) is 4.87. The van der Waals surface area contributed by atoms with Gasteiger partial charge in [0.25, 0.3) is 0 Å². The van der Waals surface area contributed by atoms with E-state index in [1.54, 1.807) is 0 Å². The molecular formula is C9H21ClSi. The van der Waals surface area contributed by atoms with E-state index >= 15 is 0 Å². The summed E-state index contributed by atoms with van der Waals surface area (Å²) in [5, 5.41) is 0. The van der Waals surface area contributed by atoms with E-state index in [0.29, 0.717) is 0 Å². The zero-order valence-corrected chi connectivity index (χ0v) is 10.2. The summed E-state index contributed by atoms with van der Waals surface area (Å²) in [7, 11) is -0.888. The van der Waals surface area contributed by atoms with Gasteiger partial charge >= 0.3 is 0 Å². The van der Waals surface area contributed by atoms with E-state index in [4.69, 9.17) is 11.6 Å². The molecule has 0 saturated carbocycles. The highest BCUT2D eigenvalue weighted by Gasteiger charge is 2.21. The third-order valence-electron chi connectivity index (χ3n) is 2.02. The van der Waals surface area contributed by atoms with Crippen molar-refractivity contribution in [3.63, 3.8) is 0 Å². The molecular weight excluding hydrogens is 172 g/mol. The molecule has 0 aromatic heterocycles. The van der Waals surface area contributed by atoms with Gasteiger partial charge in [-0.05, 0) is 11.8 Å². The summed E-state index contributed by atoms with van der Waals surface area (Å²) in [6.07, 6.45) is 0. The number of hydrogen-bond acceptors (Lipinski definition) is 0. The molecule has 0 N–H and O–H groups in total. The van der Waals surface area contributed by atoms with Crippen LogP contribution in [0.15, 0.2) is 0 Å². The first-order valence-electron chi connectivity index (χ1n) is 4.43. The molecule has 0 spiro atoms. The summed E-state index contributed by atoms with van der Waals surface area (Å²) in [6.45, 7) is 11.8. The van der Waals surface area contributed by atoms with Gasteiger partial charge in [0.2, 0.25) is 0 Å². The lowest BCUT2D eigenvalue weighted by molar-refractivity contribution is 0.457. The zero-order chi connectivity index (χ0) is 9.07. The molecule has 0 nitrogen and oxygen atoms in total. The van der Waals surface area contributed by atoms with Gasteiger partial charge in [0.15, 0.2) is 0 Å². The lowest BCUT2D eigenvalue weighted by Gasteiger charge is -2.25. The van der Waals surface area contributed by atoms with Crippen molar-refractivity contribution in [1.29, 1.82) is 0 Å². The van der Waals surface area contributed by atoms with Crippen molar-refractivity contribution < 1.29 is 0 Å². The quantitative estimate of drug-likeness (QED) is 0.469. The highest BCUT2D eigenvalue weighted by Crippen LogP contribution is 2.24. The third kappa shape index (κ3) is 5.74. The van der Waals surface area contributed by atoms with E-state index in [0.717, 1.165) is 17.7 Å². The molecule has 0 aliphatic rings. The Morgan fingerprint density at radius 1 is 1.18 bits per heavy atom. The minimum absolute atomic E-state index is 0.739. The molecule has 0 aromatic carbocycles. The third-order valence-corrected chi connectivity index (χ3v) is 4.16. The highest BCUT2D eigenvalue weighted by atomic mass is 35.5. The standard InChI is InChI=1S/C9H21ClSi/c1-8(2)9(6-10)7-11(3,4)5/h8-9H,6-7H2,1-5H3. The summed E-state index contributed by atoms with van der Waals surface area (Å²) >= 11 is 5.89. The van der Waals surface area contributed by atoms with Crippen LogP contribution in [0.1, 0.15) is 13.8 Å². The molecule has 0 bridgehead atoms. The van der Waals surface area contributed by atoms with Crippen molar-refractivity contribution in [3.8, 4) is 0 Å². The monoisotopic (exact) mass is 192 g/mol. The average molecular weight is 193 g/mol. The summed E-state index contributed by atoms with van der Waals surface area (Å²) in [5.74, 6) is 2.32. The maximum atomic E-state index is 5.89. The second-order valence-corrected chi connectivity index (χ2v) is 10.8. The molecule has 1 unspecified atom stereocenters. The summed E-state index contributed by atoms with van der Waals surface area (Å²) in [6, 6.07) is 1.37. The fourth-order valence-electron chi connectivity index (χ4n) is 1.25. The minimum Gasteiger partial charge on any atom is -0.126 e. The average Bonchev–Trinajstić information content (AvgIpc) is 1.80. The van der Waals surface area contributed by atoms with Crippen LogP contribution in [0.25, 0.3) is 0 Å². The second kappa shape index (κ2) is 4.51. The number of halogens is 1. The Balaban J connectivity index is 3.88. The Hall–Kier alpha value is 0.507. The van der Waals surface area contributed by atoms with Crippen LogP contribution in [0, 0.1) is 11.8 Å². The van der Waals surface area contributed by atoms with E-state index in [1.165, 1.54) is 6.04 Å². The molecule has 0 fully saturated rings. The van der Waals surface area contributed by atoms with Gasteiger partial charge in [-0.3, -0.25) is 0 Å². The Morgan fingerprint density at radius 2 is 1.64 bits per heavy atom. The van der Waals surface area contributed by atoms with E-state index in [-0.39, 0.29) is 0 Å². The number of hydrogen-bond donors (Lipinski definition) is 0. The van der Waals surface area contributed by atoms with E-state index in [2.05, 4.69) is 33.5 Å². The summed E-state index contributed by atoms with van der Waals surface area (Å²) in [4.78, 5) is 0.